The van der Waals surface area contributed by atoms with Gasteiger partial charge in [-0.1, -0.05) is 18.2 Å². The van der Waals surface area contributed by atoms with Crippen LogP contribution in [-0.2, 0) is 14.6 Å². The first-order valence-corrected chi connectivity index (χ1v) is 7.74. The zero-order chi connectivity index (χ0) is 12.8. The van der Waals surface area contributed by atoms with Gasteiger partial charge in [-0.2, -0.15) is 0 Å². The molecule has 2 atom stereocenters. The molecule has 3 rings (SSSR count). The average molecular weight is 265 g/mol. The van der Waals surface area contributed by atoms with E-state index >= 15 is 0 Å². The molecule has 0 N–H and O–H groups in total. The van der Waals surface area contributed by atoms with E-state index in [0.29, 0.717) is 24.3 Å². The van der Waals surface area contributed by atoms with E-state index < -0.39 is 15.1 Å². The first kappa shape index (κ1) is 11.7. The van der Waals surface area contributed by atoms with E-state index in [1.165, 1.54) is 0 Å². The van der Waals surface area contributed by atoms with Gasteiger partial charge in [0.25, 0.3) is 0 Å². The fourth-order valence-electron chi connectivity index (χ4n) is 2.90. The van der Waals surface area contributed by atoms with Crippen molar-refractivity contribution in [2.45, 2.75) is 35.4 Å². The van der Waals surface area contributed by atoms with Crippen molar-refractivity contribution in [1.82, 2.24) is 4.90 Å². The van der Waals surface area contributed by atoms with Crippen LogP contribution in [0.2, 0.25) is 0 Å². The van der Waals surface area contributed by atoms with Crippen molar-refractivity contribution in [3.63, 3.8) is 0 Å². The summed E-state index contributed by atoms with van der Waals surface area (Å²) in [6.07, 6.45) is 1.82. The molecule has 18 heavy (non-hydrogen) atoms. The summed E-state index contributed by atoms with van der Waals surface area (Å²) in [7, 11) is -3.31. The molecule has 2 saturated heterocycles. The summed E-state index contributed by atoms with van der Waals surface area (Å²) in [5.41, 5.74) is 0. The normalized spacial score (nSPS) is 27.6. The zero-order valence-corrected chi connectivity index (χ0v) is 10.8. The number of hydrogen-bond acceptors (Lipinski definition) is 3. The molecule has 2 heterocycles. The number of amides is 1. The van der Waals surface area contributed by atoms with Gasteiger partial charge in [0.1, 0.15) is 0 Å². The lowest BCUT2D eigenvalue weighted by Crippen LogP contribution is -2.62. The summed E-state index contributed by atoms with van der Waals surface area (Å²) in [4.78, 5) is 13.5. The second-order valence-corrected chi connectivity index (χ2v) is 7.06. The molecule has 2 aliphatic rings. The molecule has 5 heteroatoms. The standard InChI is InChI=1S/C13H15NO3S/c15-13-9-11-12(7-4-8-14(11)13)18(16,17)10-5-2-1-3-6-10/h1-3,5-6,11-12H,4,7-9H2/t11-,12?/m0/s1. The maximum absolute atomic E-state index is 12.5. The Labute approximate surface area is 107 Å². The van der Waals surface area contributed by atoms with Crippen molar-refractivity contribution in [2.75, 3.05) is 6.54 Å². The molecule has 0 spiro atoms. The van der Waals surface area contributed by atoms with Gasteiger partial charge in [0, 0.05) is 13.0 Å². The summed E-state index contributed by atoms with van der Waals surface area (Å²) in [6, 6.07) is 8.44. The molecule has 0 aliphatic carbocycles. The van der Waals surface area contributed by atoms with Crippen LogP contribution in [0, 0.1) is 0 Å². The Balaban J connectivity index is 1.93. The van der Waals surface area contributed by atoms with Crippen LogP contribution in [0.4, 0.5) is 0 Å². The number of fused-ring (bicyclic) bond motifs is 1. The van der Waals surface area contributed by atoms with Gasteiger partial charge in [-0.25, -0.2) is 8.42 Å². The lowest BCUT2D eigenvalue weighted by atomic mass is 9.91. The fraction of sp³-hybridized carbons (Fsp3) is 0.462. The zero-order valence-electron chi connectivity index (χ0n) is 9.95. The highest BCUT2D eigenvalue weighted by atomic mass is 32.2. The predicted molar refractivity (Wildman–Crippen MR) is 66.8 cm³/mol. The molecule has 1 amide bonds. The second kappa shape index (κ2) is 4.09. The van der Waals surface area contributed by atoms with E-state index in [4.69, 9.17) is 0 Å². The van der Waals surface area contributed by atoms with Crippen LogP contribution in [-0.4, -0.2) is 37.1 Å². The van der Waals surface area contributed by atoms with Crippen molar-refractivity contribution in [1.29, 1.82) is 0 Å². The minimum absolute atomic E-state index is 0.0907. The maximum Gasteiger partial charge on any atom is 0.224 e. The number of nitrogens with zero attached hydrogens (tertiary/aromatic N) is 1. The first-order chi connectivity index (χ1) is 8.60. The first-order valence-electron chi connectivity index (χ1n) is 6.19. The van der Waals surface area contributed by atoms with Crippen molar-refractivity contribution in [3.05, 3.63) is 30.3 Å². The smallest absolute Gasteiger partial charge is 0.224 e. The minimum atomic E-state index is -3.31. The predicted octanol–water partition coefficient (Wildman–Crippen LogP) is 1.22. The minimum Gasteiger partial charge on any atom is -0.338 e. The van der Waals surface area contributed by atoms with Crippen molar-refractivity contribution in [3.8, 4) is 0 Å². The Hall–Kier alpha value is -1.36. The van der Waals surface area contributed by atoms with Gasteiger partial charge in [0.15, 0.2) is 9.84 Å². The van der Waals surface area contributed by atoms with Gasteiger partial charge in [-0.3, -0.25) is 4.79 Å². The monoisotopic (exact) mass is 265 g/mol. The highest BCUT2D eigenvalue weighted by Crippen LogP contribution is 2.35. The van der Waals surface area contributed by atoms with Gasteiger partial charge >= 0.3 is 0 Å². The summed E-state index contributed by atoms with van der Waals surface area (Å²) in [5, 5.41) is -0.425. The average Bonchev–Trinajstić information content (AvgIpc) is 2.38. The van der Waals surface area contributed by atoms with Gasteiger partial charge < -0.3 is 4.90 Å². The van der Waals surface area contributed by atoms with Crippen LogP contribution in [0.15, 0.2) is 35.2 Å². The summed E-state index contributed by atoms with van der Waals surface area (Å²) < 4.78 is 25.1. The van der Waals surface area contributed by atoms with E-state index in [9.17, 15) is 13.2 Å². The number of benzene rings is 1. The van der Waals surface area contributed by atoms with Gasteiger partial charge in [0.05, 0.1) is 16.2 Å². The molecule has 0 aromatic heterocycles. The van der Waals surface area contributed by atoms with E-state index in [0.717, 1.165) is 6.42 Å². The third kappa shape index (κ3) is 1.65. The van der Waals surface area contributed by atoms with Gasteiger partial charge in [0.2, 0.25) is 5.91 Å². The molecule has 1 aromatic carbocycles. The molecule has 2 aliphatic heterocycles. The van der Waals surface area contributed by atoms with Crippen LogP contribution in [0.1, 0.15) is 19.3 Å². The lowest BCUT2D eigenvalue weighted by molar-refractivity contribution is -0.147. The molecule has 0 radical (unpaired) electrons. The summed E-state index contributed by atoms with van der Waals surface area (Å²) in [5.74, 6) is 0.0907. The highest BCUT2D eigenvalue weighted by Gasteiger charge is 2.48. The third-order valence-electron chi connectivity index (χ3n) is 3.89. The molecular weight excluding hydrogens is 250 g/mol. The molecule has 0 saturated carbocycles. The molecular formula is C13H15NO3S. The molecule has 2 fully saturated rings. The Kier molecular flexibility index (Phi) is 2.66. The van der Waals surface area contributed by atoms with Crippen LogP contribution in [0.3, 0.4) is 0 Å². The Bertz CT molecular complexity index is 567. The molecule has 4 nitrogen and oxygen atoms in total. The summed E-state index contributed by atoms with van der Waals surface area (Å²) in [6.45, 7) is 0.713. The molecule has 1 aromatic rings. The quantitative estimate of drug-likeness (QED) is 0.756. The van der Waals surface area contributed by atoms with Crippen LogP contribution in [0.25, 0.3) is 0 Å². The fourth-order valence-corrected chi connectivity index (χ4v) is 4.92. The van der Waals surface area contributed by atoms with E-state index in [1.54, 1.807) is 35.2 Å². The van der Waals surface area contributed by atoms with Crippen molar-refractivity contribution in [2.24, 2.45) is 0 Å². The number of β-lactam (4-membered cyclic amide) rings is 1. The summed E-state index contributed by atoms with van der Waals surface area (Å²) >= 11 is 0. The van der Waals surface area contributed by atoms with Gasteiger partial charge in [-0.15, -0.1) is 0 Å². The SMILES string of the molecule is O=C1C[C@H]2C(S(=O)(=O)c3ccccc3)CCCN12. The number of carbonyl (C=O) groups excluding carboxylic acids is 1. The number of carbonyl (C=O) groups is 1. The van der Waals surface area contributed by atoms with Crippen molar-refractivity contribution < 1.29 is 13.2 Å². The molecule has 1 unspecified atom stereocenters. The maximum atomic E-state index is 12.5. The van der Waals surface area contributed by atoms with E-state index in [-0.39, 0.29) is 11.9 Å². The highest BCUT2D eigenvalue weighted by molar-refractivity contribution is 7.92. The van der Waals surface area contributed by atoms with Gasteiger partial charge in [-0.05, 0) is 25.0 Å². The lowest BCUT2D eigenvalue weighted by Gasteiger charge is -2.47. The second-order valence-electron chi connectivity index (χ2n) is 4.90. The Morgan fingerprint density at radius 2 is 1.89 bits per heavy atom. The van der Waals surface area contributed by atoms with Crippen LogP contribution in [0.5, 0.6) is 0 Å². The van der Waals surface area contributed by atoms with E-state index in [2.05, 4.69) is 0 Å². The van der Waals surface area contributed by atoms with Crippen LogP contribution >= 0.6 is 0 Å². The number of hydrogen-bond donors (Lipinski definition) is 0. The largest absolute Gasteiger partial charge is 0.338 e. The topological polar surface area (TPSA) is 54.5 Å². The third-order valence-corrected chi connectivity index (χ3v) is 6.17. The number of piperidine rings is 1. The number of sulfone groups is 1. The van der Waals surface area contributed by atoms with Crippen LogP contribution < -0.4 is 0 Å². The molecule has 96 valence electrons. The van der Waals surface area contributed by atoms with E-state index in [1.807, 2.05) is 0 Å². The Morgan fingerprint density at radius 3 is 2.56 bits per heavy atom. The van der Waals surface area contributed by atoms with Crippen molar-refractivity contribution >= 4 is 15.7 Å². The Morgan fingerprint density at radius 1 is 1.17 bits per heavy atom. The molecule has 0 bridgehead atoms. The number of rotatable bonds is 2.